The van der Waals surface area contributed by atoms with Crippen molar-refractivity contribution in [1.82, 2.24) is 0 Å². The number of hydrogen-bond acceptors (Lipinski definition) is 0. The van der Waals surface area contributed by atoms with Crippen LogP contribution >= 0.6 is 0 Å². The Hall–Kier alpha value is 1.64. The van der Waals surface area contributed by atoms with Crippen LogP contribution in [0.2, 0.25) is 0.515 Å². The van der Waals surface area contributed by atoms with Crippen molar-refractivity contribution in [2.45, 2.75) is 123 Å². The molecule has 1 heteroatoms. The minimum atomic E-state index is 1.10. The maximum absolute atomic E-state index is 2.30. The van der Waals surface area contributed by atoms with Gasteiger partial charge in [0.25, 0.3) is 0 Å². The van der Waals surface area contributed by atoms with E-state index >= 15 is 0 Å². The van der Waals surface area contributed by atoms with Gasteiger partial charge in [-0.1, -0.05) is 51.9 Å². The zero-order chi connectivity index (χ0) is 15.4. The molecule has 0 nitrogen and oxygen atoms in total. The standard InChI is InChI=1S/C20H41.K/c1-3-5-7-9-11-13-15-17-19-20-18-16-14-12-10-8-6-4-2;/h1,3-20H2,2H3;. The molecule has 0 radical (unpaired) electrons. The molecule has 0 aromatic rings. The van der Waals surface area contributed by atoms with E-state index in [4.69, 9.17) is 0 Å². The van der Waals surface area contributed by atoms with E-state index in [9.17, 15) is 0 Å². The van der Waals surface area contributed by atoms with Gasteiger partial charge < -0.3 is 0 Å². The topological polar surface area (TPSA) is 0 Å². The Morgan fingerprint density at radius 2 is 0.619 bits per heavy atom. The van der Waals surface area contributed by atoms with E-state index in [-0.39, 0.29) is 0 Å². The molecule has 0 saturated carbocycles. The number of rotatable bonds is 18. The molecule has 0 spiro atoms. The fourth-order valence-electron chi connectivity index (χ4n) is 3.15. The molecule has 0 aromatic heterocycles. The van der Waals surface area contributed by atoms with Gasteiger partial charge in [0.2, 0.25) is 0 Å². The van der Waals surface area contributed by atoms with Crippen molar-refractivity contribution in [3.8, 4) is 0 Å². The van der Waals surface area contributed by atoms with Gasteiger partial charge in [0.1, 0.15) is 0 Å². The molecule has 0 bridgehead atoms. The van der Waals surface area contributed by atoms with Gasteiger partial charge in [0.05, 0.1) is 0 Å². The Kier molecular flexibility index (Phi) is 23.3. The van der Waals surface area contributed by atoms with Crippen LogP contribution in [0.1, 0.15) is 122 Å². The third-order valence-electron chi connectivity index (χ3n) is 4.71. The first-order chi connectivity index (χ1) is 10.4. The predicted octanol–water partition coefficient (Wildman–Crippen LogP) is 7.61. The van der Waals surface area contributed by atoms with Crippen LogP contribution in [0.5, 0.6) is 0 Å². The van der Waals surface area contributed by atoms with Crippen molar-refractivity contribution in [3.05, 3.63) is 0 Å². The van der Waals surface area contributed by atoms with Crippen LogP contribution in [0.15, 0.2) is 0 Å². The van der Waals surface area contributed by atoms with Gasteiger partial charge >= 0.3 is 120 Å². The quantitative estimate of drug-likeness (QED) is 0.180. The van der Waals surface area contributed by atoms with Crippen LogP contribution < -0.4 is 0 Å². The summed E-state index contributed by atoms with van der Waals surface area (Å²) in [5.41, 5.74) is 0. The predicted molar refractivity (Wildman–Crippen MR) is 99.3 cm³/mol. The monoisotopic (exact) mass is 320 g/mol. The van der Waals surface area contributed by atoms with Crippen molar-refractivity contribution < 1.29 is 0 Å². The van der Waals surface area contributed by atoms with E-state index in [1.165, 1.54) is 116 Å². The van der Waals surface area contributed by atoms with Gasteiger partial charge in [0, 0.05) is 0 Å². The van der Waals surface area contributed by atoms with E-state index in [2.05, 4.69) is 6.92 Å². The van der Waals surface area contributed by atoms with Crippen LogP contribution in [-0.2, 0) is 0 Å². The summed E-state index contributed by atoms with van der Waals surface area (Å²) in [6.07, 6.45) is 26.8. The summed E-state index contributed by atoms with van der Waals surface area (Å²) in [6, 6.07) is 0. The van der Waals surface area contributed by atoms with Crippen molar-refractivity contribution in [2.24, 2.45) is 0 Å². The number of unbranched alkanes of at least 4 members (excludes halogenated alkanes) is 17. The first kappa shape index (κ1) is 22.6. The van der Waals surface area contributed by atoms with Gasteiger partial charge in [0.15, 0.2) is 0 Å². The maximum atomic E-state index is 2.30. The minimum absolute atomic E-state index is 1.10. The number of hydrogen-bond donors (Lipinski definition) is 0. The Labute approximate surface area is 170 Å². The van der Waals surface area contributed by atoms with E-state index in [0.29, 0.717) is 0 Å². The molecule has 0 rings (SSSR count). The molecule has 0 aliphatic carbocycles. The van der Waals surface area contributed by atoms with Gasteiger partial charge in [-0.3, -0.25) is 0 Å². The molecule has 0 N–H and O–H groups in total. The zero-order valence-electron chi connectivity index (χ0n) is 15.4. The molecule has 0 aromatic carbocycles. The molecule has 0 aliphatic rings. The Morgan fingerprint density at radius 1 is 0.381 bits per heavy atom. The summed E-state index contributed by atoms with van der Waals surface area (Å²) in [7, 11) is 0. The van der Waals surface area contributed by atoms with Crippen molar-refractivity contribution in [2.75, 3.05) is 0 Å². The van der Waals surface area contributed by atoms with Gasteiger partial charge in [-0.15, -0.1) is 0 Å². The molecule has 0 fully saturated rings. The second kappa shape index (κ2) is 21.6. The van der Waals surface area contributed by atoms with Crippen molar-refractivity contribution in [1.29, 1.82) is 0 Å². The van der Waals surface area contributed by atoms with E-state index in [0.717, 1.165) is 49.0 Å². The molecule has 21 heavy (non-hydrogen) atoms. The van der Waals surface area contributed by atoms with Gasteiger partial charge in [-0.05, 0) is 0 Å². The van der Waals surface area contributed by atoms with Crippen molar-refractivity contribution in [3.63, 3.8) is 0 Å². The third kappa shape index (κ3) is 21.6. The second-order valence-electron chi connectivity index (χ2n) is 7.01. The van der Waals surface area contributed by atoms with Gasteiger partial charge in [-0.2, -0.15) is 0 Å². The molecule has 0 unspecified atom stereocenters. The van der Waals surface area contributed by atoms with Crippen LogP contribution in [0.3, 0.4) is 0 Å². The van der Waals surface area contributed by atoms with E-state index in [1.54, 1.807) is 0.515 Å². The normalized spacial score (nSPS) is 11.2. The molecule has 122 valence electrons. The summed E-state index contributed by atoms with van der Waals surface area (Å²) >= 11 is 1.10. The van der Waals surface area contributed by atoms with Crippen LogP contribution in [0.4, 0.5) is 0 Å². The van der Waals surface area contributed by atoms with E-state index < -0.39 is 0 Å². The SMILES string of the molecule is CCCCCCCCCCCCCCCCCCC[CH2][K]. The fraction of sp³-hybridized carbons (Fsp3) is 1.00. The Morgan fingerprint density at radius 3 is 0.857 bits per heavy atom. The summed E-state index contributed by atoms with van der Waals surface area (Å²) in [5, 5.41) is 0. The van der Waals surface area contributed by atoms with Crippen LogP contribution in [0, 0.1) is 0 Å². The summed E-state index contributed by atoms with van der Waals surface area (Å²) < 4.78 is 1.56. The van der Waals surface area contributed by atoms with E-state index in [1.807, 2.05) is 0 Å². The molecule has 0 saturated heterocycles. The summed E-state index contributed by atoms with van der Waals surface area (Å²) in [5.74, 6) is 0. The molecule has 0 aliphatic heterocycles. The van der Waals surface area contributed by atoms with Crippen molar-refractivity contribution >= 4 is 49.0 Å². The summed E-state index contributed by atoms with van der Waals surface area (Å²) in [4.78, 5) is 0. The first-order valence-corrected chi connectivity index (χ1v) is 12.6. The molecule has 0 atom stereocenters. The Bertz CT molecular complexity index is 149. The average Bonchev–Trinajstić information content (AvgIpc) is 2.50. The second-order valence-corrected chi connectivity index (χ2v) is 8.57. The molecule has 0 heterocycles. The molecular formula is C20H41K. The zero-order valence-corrected chi connectivity index (χ0v) is 18.6. The first-order valence-electron chi connectivity index (χ1n) is 10.4. The van der Waals surface area contributed by atoms with Crippen LogP contribution in [-0.4, -0.2) is 49.0 Å². The Balaban J connectivity index is 2.90. The molecular weight excluding hydrogens is 279 g/mol. The van der Waals surface area contributed by atoms with Gasteiger partial charge in [-0.25, -0.2) is 0 Å². The summed E-state index contributed by atoms with van der Waals surface area (Å²) in [6.45, 7) is 2.30. The fourth-order valence-corrected chi connectivity index (χ4v) is 3.93. The third-order valence-corrected chi connectivity index (χ3v) is 5.81. The van der Waals surface area contributed by atoms with Crippen LogP contribution in [0.25, 0.3) is 0 Å². The molecule has 0 amide bonds. The average molecular weight is 321 g/mol.